The van der Waals surface area contributed by atoms with Crippen molar-refractivity contribution in [3.63, 3.8) is 0 Å². The Morgan fingerprint density at radius 2 is 1.62 bits per heavy atom. The molecular weight excluding hydrogens is 144 g/mol. The van der Waals surface area contributed by atoms with Crippen molar-refractivity contribution in [2.75, 3.05) is 23.0 Å². The van der Waals surface area contributed by atoms with Crippen molar-refractivity contribution in [2.45, 2.75) is 0 Å². The standard InChI is InChI=1S/C4H10O2S2/c5-8(6)3-1-7-2-4-8/h5-6H,1-4H2. The van der Waals surface area contributed by atoms with Crippen molar-refractivity contribution < 1.29 is 9.11 Å². The van der Waals surface area contributed by atoms with Gasteiger partial charge in [0.05, 0.1) is 0 Å². The van der Waals surface area contributed by atoms with Crippen molar-refractivity contribution >= 4 is 22.4 Å². The van der Waals surface area contributed by atoms with E-state index in [0.717, 1.165) is 11.5 Å². The fraction of sp³-hybridized carbons (Fsp3) is 1.00. The molecule has 0 amide bonds. The molecule has 2 nitrogen and oxygen atoms in total. The van der Waals surface area contributed by atoms with Gasteiger partial charge in [0.2, 0.25) is 0 Å². The van der Waals surface area contributed by atoms with Gasteiger partial charge in [-0.2, -0.15) is 22.4 Å². The largest absolute Gasteiger partial charge is 0.299 e. The Balaban J connectivity index is 2.33. The monoisotopic (exact) mass is 154 g/mol. The van der Waals surface area contributed by atoms with Gasteiger partial charge in [0.1, 0.15) is 0 Å². The highest BCUT2D eigenvalue weighted by molar-refractivity contribution is 8.25. The second-order valence-electron chi connectivity index (χ2n) is 1.82. The molecule has 0 bridgehead atoms. The van der Waals surface area contributed by atoms with Crippen LogP contribution in [0.2, 0.25) is 0 Å². The summed E-state index contributed by atoms with van der Waals surface area (Å²) in [5.41, 5.74) is 0. The molecule has 1 aliphatic rings. The predicted octanol–water partition coefficient (Wildman–Crippen LogP) is 1.48. The van der Waals surface area contributed by atoms with Gasteiger partial charge in [0.15, 0.2) is 0 Å². The Labute approximate surface area is 55.0 Å². The third-order valence-electron chi connectivity index (χ3n) is 1.11. The Hall–Kier alpha value is 0.620. The average molecular weight is 154 g/mol. The second-order valence-corrected chi connectivity index (χ2v) is 5.47. The van der Waals surface area contributed by atoms with Crippen LogP contribution in [-0.4, -0.2) is 32.1 Å². The van der Waals surface area contributed by atoms with Crippen LogP contribution in [0, 0.1) is 0 Å². The molecule has 0 atom stereocenters. The fourth-order valence-corrected chi connectivity index (χ4v) is 4.08. The normalized spacial score (nSPS) is 31.8. The average Bonchev–Trinajstić information content (AvgIpc) is 1.65. The lowest BCUT2D eigenvalue weighted by molar-refractivity contribution is 0.490. The van der Waals surface area contributed by atoms with Crippen LogP contribution in [0.1, 0.15) is 0 Å². The summed E-state index contributed by atoms with van der Waals surface area (Å²) >= 11 is 1.80. The van der Waals surface area contributed by atoms with Gasteiger partial charge in [-0.1, -0.05) is 0 Å². The quantitative estimate of drug-likeness (QED) is 0.555. The van der Waals surface area contributed by atoms with Crippen LogP contribution in [0.3, 0.4) is 0 Å². The minimum absolute atomic E-state index is 0.609. The van der Waals surface area contributed by atoms with E-state index in [1.807, 2.05) is 0 Å². The van der Waals surface area contributed by atoms with Crippen LogP contribution in [0.15, 0.2) is 0 Å². The van der Waals surface area contributed by atoms with Gasteiger partial charge in [-0.25, -0.2) is 0 Å². The molecule has 0 aromatic rings. The van der Waals surface area contributed by atoms with Crippen molar-refractivity contribution in [2.24, 2.45) is 0 Å². The van der Waals surface area contributed by atoms with Gasteiger partial charge < -0.3 is 0 Å². The zero-order chi connectivity index (χ0) is 6.04. The molecule has 1 rings (SSSR count). The van der Waals surface area contributed by atoms with Crippen molar-refractivity contribution in [1.29, 1.82) is 0 Å². The third kappa shape index (κ3) is 1.85. The first-order valence-corrected chi connectivity index (χ1v) is 5.56. The summed E-state index contributed by atoms with van der Waals surface area (Å²) < 4.78 is 18.0. The number of thioether (sulfide) groups is 1. The molecule has 1 saturated heterocycles. The summed E-state index contributed by atoms with van der Waals surface area (Å²) in [5, 5.41) is 0. The Morgan fingerprint density at radius 1 is 1.12 bits per heavy atom. The molecule has 0 aromatic heterocycles. The number of rotatable bonds is 0. The van der Waals surface area contributed by atoms with Crippen LogP contribution in [0.25, 0.3) is 0 Å². The Morgan fingerprint density at radius 3 is 1.88 bits per heavy atom. The molecule has 0 unspecified atom stereocenters. The van der Waals surface area contributed by atoms with Crippen molar-refractivity contribution in [3.05, 3.63) is 0 Å². The number of hydrogen-bond donors (Lipinski definition) is 2. The SMILES string of the molecule is OS1(O)CCSCC1. The maximum Gasteiger partial charge on any atom is 0.0465 e. The van der Waals surface area contributed by atoms with E-state index in [2.05, 4.69) is 0 Å². The van der Waals surface area contributed by atoms with E-state index in [0.29, 0.717) is 11.5 Å². The molecule has 1 fully saturated rings. The fourth-order valence-electron chi connectivity index (χ4n) is 0.589. The lowest BCUT2D eigenvalue weighted by Gasteiger charge is -2.35. The van der Waals surface area contributed by atoms with E-state index in [-0.39, 0.29) is 0 Å². The summed E-state index contributed by atoms with van der Waals surface area (Å²) in [5.74, 6) is 3.06. The Kier molecular flexibility index (Phi) is 2.08. The minimum atomic E-state index is -2.10. The number of hydrogen-bond acceptors (Lipinski definition) is 3. The van der Waals surface area contributed by atoms with E-state index in [1.165, 1.54) is 0 Å². The first kappa shape index (κ1) is 6.74. The summed E-state index contributed by atoms with van der Waals surface area (Å²) in [6.07, 6.45) is 0. The lowest BCUT2D eigenvalue weighted by Crippen LogP contribution is -2.16. The zero-order valence-corrected chi connectivity index (χ0v) is 6.17. The van der Waals surface area contributed by atoms with Gasteiger partial charge >= 0.3 is 0 Å². The van der Waals surface area contributed by atoms with E-state index < -0.39 is 10.6 Å². The molecule has 0 radical (unpaired) electrons. The second kappa shape index (κ2) is 2.47. The molecule has 8 heavy (non-hydrogen) atoms. The highest BCUT2D eigenvalue weighted by atomic mass is 32.3. The zero-order valence-electron chi connectivity index (χ0n) is 4.54. The van der Waals surface area contributed by atoms with Gasteiger partial charge in [0, 0.05) is 23.0 Å². The van der Waals surface area contributed by atoms with Crippen LogP contribution in [0.4, 0.5) is 0 Å². The molecule has 0 saturated carbocycles. The molecule has 0 aromatic carbocycles. The van der Waals surface area contributed by atoms with Gasteiger partial charge in [0.25, 0.3) is 0 Å². The first-order valence-electron chi connectivity index (χ1n) is 2.52. The van der Waals surface area contributed by atoms with Crippen LogP contribution in [0.5, 0.6) is 0 Å². The molecule has 1 aliphatic heterocycles. The van der Waals surface area contributed by atoms with Crippen LogP contribution >= 0.6 is 22.4 Å². The van der Waals surface area contributed by atoms with E-state index >= 15 is 0 Å². The van der Waals surface area contributed by atoms with Gasteiger partial charge in [-0.15, -0.1) is 0 Å². The molecule has 0 aliphatic carbocycles. The minimum Gasteiger partial charge on any atom is -0.299 e. The molecule has 0 spiro atoms. The maximum atomic E-state index is 9.00. The third-order valence-corrected chi connectivity index (χ3v) is 4.33. The molecule has 50 valence electrons. The summed E-state index contributed by atoms with van der Waals surface area (Å²) in [4.78, 5) is 0. The van der Waals surface area contributed by atoms with Crippen molar-refractivity contribution in [3.8, 4) is 0 Å². The van der Waals surface area contributed by atoms with Crippen LogP contribution in [-0.2, 0) is 0 Å². The van der Waals surface area contributed by atoms with Crippen molar-refractivity contribution in [1.82, 2.24) is 0 Å². The van der Waals surface area contributed by atoms with Gasteiger partial charge in [-0.05, 0) is 0 Å². The molecule has 4 heteroatoms. The first-order chi connectivity index (χ1) is 3.71. The summed E-state index contributed by atoms with van der Waals surface area (Å²) in [6, 6.07) is 0. The predicted molar refractivity (Wildman–Crippen MR) is 39.9 cm³/mol. The smallest absolute Gasteiger partial charge is 0.0465 e. The highest BCUT2D eigenvalue weighted by Crippen LogP contribution is 2.42. The van der Waals surface area contributed by atoms with Gasteiger partial charge in [-0.3, -0.25) is 9.11 Å². The summed E-state index contributed by atoms with van der Waals surface area (Å²) in [7, 11) is -2.10. The van der Waals surface area contributed by atoms with E-state index in [4.69, 9.17) is 9.11 Å². The molecular formula is C4H10O2S2. The topological polar surface area (TPSA) is 40.5 Å². The maximum absolute atomic E-state index is 9.00. The van der Waals surface area contributed by atoms with E-state index in [1.54, 1.807) is 11.8 Å². The molecule has 1 heterocycles. The summed E-state index contributed by atoms with van der Waals surface area (Å²) in [6.45, 7) is 0. The Bertz CT molecular complexity index is 76.1. The van der Waals surface area contributed by atoms with E-state index in [9.17, 15) is 0 Å². The molecule has 2 N–H and O–H groups in total. The highest BCUT2D eigenvalue weighted by Gasteiger charge is 2.15. The lowest BCUT2D eigenvalue weighted by atomic mass is 10.9. The van der Waals surface area contributed by atoms with Crippen LogP contribution < -0.4 is 0 Å².